The van der Waals surface area contributed by atoms with Crippen LogP contribution in [0.25, 0.3) is 22.8 Å². The van der Waals surface area contributed by atoms with Gasteiger partial charge in [0, 0.05) is 48.9 Å². The minimum absolute atomic E-state index is 0.0237. The topological polar surface area (TPSA) is 90.2 Å². The molecule has 0 aliphatic heterocycles. The average Bonchev–Trinajstić information content (AvgIpc) is 3.54. The maximum Gasteiger partial charge on any atom is 0.223 e. The zero-order chi connectivity index (χ0) is 24.8. The Morgan fingerprint density at radius 3 is 2.51 bits per heavy atom. The number of nitrogens with zero attached hydrogens (tertiary/aromatic N) is 5. The minimum atomic E-state index is 0.0237. The summed E-state index contributed by atoms with van der Waals surface area (Å²) in [5.74, 6) is 1.87. The molecule has 0 N–H and O–H groups in total. The second-order valence-corrected chi connectivity index (χ2v) is 9.20. The maximum atomic E-state index is 13.0. The van der Waals surface area contributed by atoms with Crippen LogP contribution in [0.1, 0.15) is 45.4 Å². The highest BCUT2D eigenvalue weighted by atomic mass is 35.5. The largest absolute Gasteiger partial charge is 0.495 e. The standard InChI is InChI=1S/C26H30ClN5O3/c1-18(33)7-10-24(34)31(21-5-3-4-6-21)15-16-32-26(20-8-9-23(35-2)22(27)17-20)29-25(30-32)19-11-13-28-14-12-19/h8-9,11-14,17,21H,3-7,10,15-16H2,1-2H3. The summed E-state index contributed by atoms with van der Waals surface area (Å²) in [5.41, 5.74) is 1.66. The zero-order valence-corrected chi connectivity index (χ0v) is 20.9. The van der Waals surface area contributed by atoms with E-state index in [4.69, 9.17) is 26.4 Å². The number of ketones is 1. The highest BCUT2D eigenvalue weighted by molar-refractivity contribution is 6.32. The molecule has 1 fully saturated rings. The molecule has 0 saturated heterocycles. The van der Waals surface area contributed by atoms with Gasteiger partial charge in [-0.3, -0.25) is 9.78 Å². The summed E-state index contributed by atoms with van der Waals surface area (Å²) in [6.45, 7) is 2.49. The van der Waals surface area contributed by atoms with E-state index in [0.717, 1.165) is 36.8 Å². The van der Waals surface area contributed by atoms with Crippen molar-refractivity contribution < 1.29 is 14.3 Å². The van der Waals surface area contributed by atoms with E-state index < -0.39 is 0 Å². The number of amides is 1. The number of halogens is 1. The molecule has 0 spiro atoms. The van der Waals surface area contributed by atoms with E-state index >= 15 is 0 Å². The molecule has 4 rings (SSSR count). The van der Waals surface area contributed by atoms with Gasteiger partial charge in [-0.2, -0.15) is 5.10 Å². The van der Waals surface area contributed by atoms with E-state index in [2.05, 4.69) is 4.98 Å². The van der Waals surface area contributed by atoms with Gasteiger partial charge in [-0.1, -0.05) is 24.4 Å². The van der Waals surface area contributed by atoms with E-state index in [0.29, 0.717) is 35.5 Å². The normalized spacial score (nSPS) is 13.7. The van der Waals surface area contributed by atoms with Crippen LogP contribution in [0.2, 0.25) is 5.02 Å². The number of carbonyl (C=O) groups excluding carboxylic acids is 2. The van der Waals surface area contributed by atoms with E-state index in [1.54, 1.807) is 25.6 Å². The van der Waals surface area contributed by atoms with Crippen LogP contribution in [-0.4, -0.2) is 56.0 Å². The summed E-state index contributed by atoms with van der Waals surface area (Å²) in [6, 6.07) is 9.44. The predicted octanol–water partition coefficient (Wildman–Crippen LogP) is 4.81. The molecule has 1 aliphatic carbocycles. The van der Waals surface area contributed by atoms with Crippen molar-refractivity contribution in [1.29, 1.82) is 0 Å². The van der Waals surface area contributed by atoms with E-state index in [9.17, 15) is 9.59 Å². The molecular formula is C26H30ClN5O3. The third kappa shape index (κ3) is 6.06. The number of aromatic nitrogens is 4. The minimum Gasteiger partial charge on any atom is -0.495 e. The molecule has 1 aromatic carbocycles. The predicted molar refractivity (Wildman–Crippen MR) is 134 cm³/mol. The molecule has 1 aliphatic rings. The van der Waals surface area contributed by atoms with Gasteiger partial charge in [0.05, 0.1) is 18.7 Å². The van der Waals surface area contributed by atoms with Gasteiger partial charge in [-0.15, -0.1) is 0 Å². The fourth-order valence-corrected chi connectivity index (χ4v) is 4.75. The number of hydrogen-bond acceptors (Lipinski definition) is 6. The number of ether oxygens (including phenoxy) is 1. The Kier molecular flexibility index (Phi) is 8.13. The van der Waals surface area contributed by atoms with Crippen LogP contribution in [0.15, 0.2) is 42.7 Å². The molecule has 0 unspecified atom stereocenters. The lowest BCUT2D eigenvalue weighted by atomic mass is 10.1. The van der Waals surface area contributed by atoms with Gasteiger partial charge >= 0.3 is 0 Å². The molecule has 1 saturated carbocycles. The number of methoxy groups -OCH3 is 1. The van der Waals surface area contributed by atoms with Crippen LogP contribution in [0, 0.1) is 0 Å². The number of pyridine rings is 1. The molecule has 9 heteroatoms. The SMILES string of the molecule is COc1ccc(-c2nc(-c3ccncc3)nn2CCN(C(=O)CCC(C)=O)C2CCCC2)cc1Cl. The third-order valence-electron chi connectivity index (χ3n) is 6.35. The second-order valence-electron chi connectivity index (χ2n) is 8.79. The van der Waals surface area contributed by atoms with Crippen LogP contribution >= 0.6 is 11.6 Å². The van der Waals surface area contributed by atoms with E-state index in [-0.39, 0.29) is 30.6 Å². The molecule has 35 heavy (non-hydrogen) atoms. The fourth-order valence-electron chi connectivity index (χ4n) is 4.50. The molecule has 8 nitrogen and oxygen atoms in total. The van der Waals surface area contributed by atoms with Crippen molar-refractivity contribution in [2.45, 2.75) is 58.0 Å². The highest BCUT2D eigenvalue weighted by Gasteiger charge is 2.27. The first-order valence-corrected chi connectivity index (χ1v) is 12.3. The molecule has 0 radical (unpaired) electrons. The molecule has 1 amide bonds. The van der Waals surface area contributed by atoms with Crippen LogP contribution in [0.5, 0.6) is 5.75 Å². The number of carbonyl (C=O) groups is 2. The molecule has 184 valence electrons. The van der Waals surface area contributed by atoms with Crippen LogP contribution in [-0.2, 0) is 16.1 Å². The Hall–Kier alpha value is -3.26. The number of Topliss-reactive ketones (excluding diaryl/α,β-unsaturated/α-hetero) is 1. The smallest absolute Gasteiger partial charge is 0.223 e. The monoisotopic (exact) mass is 495 g/mol. The van der Waals surface area contributed by atoms with Crippen molar-refractivity contribution in [3.8, 4) is 28.5 Å². The molecule has 0 bridgehead atoms. The average molecular weight is 496 g/mol. The zero-order valence-electron chi connectivity index (χ0n) is 20.1. The number of benzene rings is 1. The van der Waals surface area contributed by atoms with Gasteiger partial charge in [0.2, 0.25) is 5.91 Å². The van der Waals surface area contributed by atoms with Gasteiger partial charge < -0.3 is 14.4 Å². The van der Waals surface area contributed by atoms with Crippen molar-refractivity contribution in [3.05, 3.63) is 47.7 Å². The molecule has 3 aromatic rings. The lowest BCUT2D eigenvalue weighted by Gasteiger charge is -2.29. The van der Waals surface area contributed by atoms with Gasteiger partial charge in [0.1, 0.15) is 11.5 Å². The third-order valence-corrected chi connectivity index (χ3v) is 6.65. The second kappa shape index (κ2) is 11.4. The maximum absolute atomic E-state index is 13.0. The summed E-state index contributed by atoms with van der Waals surface area (Å²) in [4.78, 5) is 35.3. The van der Waals surface area contributed by atoms with Crippen molar-refractivity contribution in [3.63, 3.8) is 0 Å². The first-order valence-electron chi connectivity index (χ1n) is 11.9. The Morgan fingerprint density at radius 2 is 1.86 bits per heavy atom. The molecular weight excluding hydrogens is 466 g/mol. The summed E-state index contributed by atoms with van der Waals surface area (Å²) in [7, 11) is 1.58. The molecule has 2 aromatic heterocycles. The first-order chi connectivity index (χ1) is 17.0. The highest BCUT2D eigenvalue weighted by Crippen LogP contribution is 2.31. The summed E-state index contributed by atoms with van der Waals surface area (Å²) in [5, 5.41) is 5.26. The number of rotatable bonds is 10. The molecule has 0 atom stereocenters. The van der Waals surface area contributed by atoms with Crippen molar-refractivity contribution >= 4 is 23.3 Å². The van der Waals surface area contributed by atoms with Gasteiger partial charge in [0.25, 0.3) is 0 Å². The van der Waals surface area contributed by atoms with E-state index in [1.165, 1.54) is 6.92 Å². The summed E-state index contributed by atoms with van der Waals surface area (Å²) in [6.07, 6.45) is 8.14. The summed E-state index contributed by atoms with van der Waals surface area (Å²) >= 11 is 6.40. The summed E-state index contributed by atoms with van der Waals surface area (Å²) < 4.78 is 7.12. The molecule has 2 heterocycles. The Bertz CT molecular complexity index is 1170. The van der Waals surface area contributed by atoms with Crippen molar-refractivity contribution in [1.82, 2.24) is 24.6 Å². The Labute approximate surface area is 210 Å². The lowest BCUT2D eigenvalue weighted by molar-refractivity contribution is -0.135. The number of hydrogen-bond donors (Lipinski definition) is 0. The van der Waals surface area contributed by atoms with Gasteiger partial charge in [0.15, 0.2) is 11.6 Å². The van der Waals surface area contributed by atoms with Crippen LogP contribution in [0.3, 0.4) is 0 Å². The van der Waals surface area contributed by atoms with Crippen molar-refractivity contribution in [2.75, 3.05) is 13.7 Å². The van der Waals surface area contributed by atoms with Gasteiger partial charge in [-0.05, 0) is 50.1 Å². The fraction of sp³-hybridized carbons (Fsp3) is 0.423. The first kappa shape index (κ1) is 24.9. The Morgan fingerprint density at radius 1 is 1.11 bits per heavy atom. The van der Waals surface area contributed by atoms with E-state index in [1.807, 2.05) is 33.8 Å². The Balaban J connectivity index is 1.63. The lowest BCUT2D eigenvalue weighted by Crippen LogP contribution is -2.41. The van der Waals surface area contributed by atoms with Crippen molar-refractivity contribution in [2.24, 2.45) is 0 Å². The van der Waals surface area contributed by atoms with Crippen LogP contribution in [0.4, 0.5) is 0 Å². The quantitative estimate of drug-likeness (QED) is 0.401. The van der Waals surface area contributed by atoms with Crippen LogP contribution < -0.4 is 4.74 Å². The van der Waals surface area contributed by atoms with Gasteiger partial charge in [-0.25, -0.2) is 9.67 Å².